The molecule has 2 unspecified atom stereocenters. The van der Waals surface area contributed by atoms with Gasteiger partial charge in [0.25, 0.3) is 40.3 Å². The Hall–Kier alpha value is -8.75. The number of carbonyl (C=O) groups excluding carboxylic acids is 5. The minimum Gasteiger partial charge on any atom is -0.507 e. The third kappa shape index (κ3) is 15.9. The van der Waals surface area contributed by atoms with Crippen LogP contribution in [0.4, 0.5) is 5.69 Å². The molecule has 0 radical (unpaired) electrons. The van der Waals surface area contributed by atoms with Crippen LogP contribution in [0.25, 0.3) is 0 Å². The largest absolute Gasteiger partial charge is 0.507 e. The molecule has 408 valence electrons. The SMILES string of the molecule is CN1C=CC(C(=O)NCCN(CCNC(=O)c2ccn(C)c(=O)c2O)CC(Cc2ccc(NC(=O)CCC(=O)O)cc2)CN(CCNC(=O)c2ccn(C)c(=O)c2O)CCNC(=O)c2ccn(C)c(=O)c2O)=C(O)C1O. The first-order chi connectivity index (χ1) is 36.1. The predicted octanol–water partition coefficient (Wildman–Crippen LogP) is -1.54. The number of carboxylic acids is 1. The van der Waals surface area contributed by atoms with Crippen molar-refractivity contribution < 1.29 is 59.4 Å². The van der Waals surface area contributed by atoms with Gasteiger partial charge in [-0.25, -0.2) is 0 Å². The number of likely N-dealkylation sites (N-methyl/N-ethyl adjacent to an activating group) is 1. The molecule has 0 aliphatic carbocycles. The van der Waals surface area contributed by atoms with Crippen molar-refractivity contribution in [2.24, 2.45) is 27.1 Å². The summed E-state index contributed by atoms with van der Waals surface area (Å²) in [5, 5.41) is 74.9. The van der Waals surface area contributed by atoms with Crippen molar-refractivity contribution >= 4 is 41.2 Å². The van der Waals surface area contributed by atoms with Crippen molar-refractivity contribution in [1.82, 2.24) is 49.7 Å². The number of pyridine rings is 3. The van der Waals surface area contributed by atoms with Gasteiger partial charge in [0.2, 0.25) is 5.91 Å². The van der Waals surface area contributed by atoms with E-state index in [1.54, 1.807) is 24.3 Å². The molecule has 5 rings (SSSR count). The summed E-state index contributed by atoms with van der Waals surface area (Å²) in [7, 11) is 5.73. The maximum absolute atomic E-state index is 13.3. The second kappa shape index (κ2) is 27.0. The van der Waals surface area contributed by atoms with Crippen molar-refractivity contribution in [2.45, 2.75) is 25.5 Å². The molecule has 0 saturated heterocycles. The number of aliphatic hydroxyl groups excluding tert-OH is 2. The molecule has 5 amide bonds. The maximum atomic E-state index is 13.3. The van der Waals surface area contributed by atoms with Crippen molar-refractivity contribution in [3.8, 4) is 17.2 Å². The van der Waals surface area contributed by atoms with E-state index in [1.165, 1.54) is 82.2 Å². The molecule has 0 fully saturated rings. The van der Waals surface area contributed by atoms with Gasteiger partial charge in [-0.3, -0.25) is 53.0 Å². The number of aromatic hydroxyl groups is 3. The number of nitrogens with one attached hydrogen (secondary N) is 5. The molecule has 4 heterocycles. The molecule has 1 aliphatic heterocycles. The molecule has 26 heteroatoms. The second-order valence-electron chi connectivity index (χ2n) is 18.0. The summed E-state index contributed by atoms with van der Waals surface area (Å²) < 4.78 is 3.31. The van der Waals surface area contributed by atoms with E-state index in [0.717, 1.165) is 19.3 Å². The number of anilines is 1. The number of carboxylic acid groups (broad SMARTS) is 1. The van der Waals surface area contributed by atoms with Crippen LogP contribution in [-0.4, -0.2) is 173 Å². The third-order valence-corrected chi connectivity index (χ3v) is 12.3. The van der Waals surface area contributed by atoms with Crippen molar-refractivity contribution in [3.05, 3.63) is 138 Å². The number of aliphatic carboxylic acids is 1. The Morgan fingerprint density at radius 2 is 0.974 bits per heavy atom. The van der Waals surface area contributed by atoms with E-state index >= 15 is 0 Å². The third-order valence-electron chi connectivity index (χ3n) is 12.3. The number of aromatic nitrogens is 3. The van der Waals surface area contributed by atoms with E-state index in [0.29, 0.717) is 12.1 Å². The van der Waals surface area contributed by atoms with Gasteiger partial charge in [0.15, 0.2) is 29.2 Å². The van der Waals surface area contributed by atoms with Gasteiger partial charge >= 0.3 is 5.97 Å². The number of aliphatic hydroxyl groups is 2. The van der Waals surface area contributed by atoms with Gasteiger partial charge in [-0.15, -0.1) is 0 Å². The van der Waals surface area contributed by atoms with E-state index in [9.17, 15) is 68.7 Å². The highest BCUT2D eigenvalue weighted by molar-refractivity contribution is 5.98. The number of aryl methyl sites for hydroxylation is 3. The summed E-state index contributed by atoms with van der Waals surface area (Å²) in [4.78, 5) is 119. The average Bonchev–Trinajstić information content (AvgIpc) is 3.37. The lowest BCUT2D eigenvalue weighted by Gasteiger charge is -2.32. The molecular weight excluding hydrogens is 995 g/mol. The molecule has 4 aromatic rings. The fourth-order valence-corrected chi connectivity index (χ4v) is 7.98. The first-order valence-corrected chi connectivity index (χ1v) is 23.9. The highest BCUT2D eigenvalue weighted by atomic mass is 16.4. The molecular formula is C50H63N11O15. The lowest BCUT2D eigenvalue weighted by atomic mass is 9.97. The molecule has 26 nitrogen and oxygen atoms in total. The summed E-state index contributed by atoms with van der Waals surface area (Å²) in [5.41, 5.74) is -2.14. The monoisotopic (exact) mass is 1060 g/mol. The van der Waals surface area contributed by atoms with Crippen LogP contribution in [0.2, 0.25) is 0 Å². The van der Waals surface area contributed by atoms with E-state index in [2.05, 4.69) is 26.6 Å². The highest BCUT2D eigenvalue weighted by Gasteiger charge is 2.26. The Kier molecular flexibility index (Phi) is 20.6. The van der Waals surface area contributed by atoms with Crippen molar-refractivity contribution in [1.29, 1.82) is 0 Å². The Balaban J connectivity index is 1.45. The van der Waals surface area contributed by atoms with Crippen LogP contribution in [0.1, 0.15) is 49.5 Å². The molecule has 0 bridgehead atoms. The van der Waals surface area contributed by atoms with Gasteiger partial charge in [0, 0.05) is 131 Å². The number of nitrogens with zero attached hydrogens (tertiary/aromatic N) is 6. The average molecular weight is 1060 g/mol. The smallest absolute Gasteiger partial charge is 0.303 e. The van der Waals surface area contributed by atoms with E-state index in [1.807, 2.05) is 9.80 Å². The summed E-state index contributed by atoms with van der Waals surface area (Å²) in [6, 6.07) is 10.6. The summed E-state index contributed by atoms with van der Waals surface area (Å²) in [5.74, 6) is -7.77. The number of rotatable bonds is 26. The first kappa shape index (κ1) is 58.1. The standard InChI is InChI=1S/C50H63N11O15/c1-56-19-11-33(39(65)47(56)73)43(69)51-15-23-60(24-16-52-44(70)34-12-20-57(2)48(74)40(34)66)28-31(27-30-5-7-32(8-6-30)55-37(62)9-10-38(63)64)29-61(25-17-53-45(71)35-13-21-58(3)49(75)41(35)67)26-18-54-46(72)36-14-22-59(4)50(76)42(36)68/h5-8,11-14,19-22,31,47,65-68,73H,9-10,15-18,23-29H2,1-4H3,(H,51,69)(H,52,70)(H,53,71)(H,54,72)(H,55,62)(H,63,64). The van der Waals surface area contributed by atoms with Gasteiger partial charge in [-0.05, 0) is 54.3 Å². The minimum absolute atomic E-state index is 0.0194. The van der Waals surface area contributed by atoms with Gasteiger partial charge < -0.3 is 75.8 Å². The van der Waals surface area contributed by atoms with E-state index < -0.39 is 87.3 Å². The van der Waals surface area contributed by atoms with Crippen LogP contribution in [0, 0.1) is 5.92 Å². The molecule has 1 aromatic carbocycles. The molecule has 0 spiro atoms. The van der Waals surface area contributed by atoms with Crippen LogP contribution in [0.3, 0.4) is 0 Å². The van der Waals surface area contributed by atoms with Crippen molar-refractivity contribution in [2.75, 3.05) is 77.8 Å². The van der Waals surface area contributed by atoms with Crippen LogP contribution in [-0.2, 0) is 41.9 Å². The van der Waals surface area contributed by atoms with Crippen molar-refractivity contribution in [3.63, 3.8) is 0 Å². The molecule has 11 N–H and O–H groups in total. The van der Waals surface area contributed by atoms with Gasteiger partial charge in [-0.2, -0.15) is 0 Å². The summed E-state index contributed by atoms with van der Waals surface area (Å²) in [6.07, 6.45) is 4.98. The minimum atomic E-state index is -1.46. The van der Waals surface area contributed by atoms with Crippen LogP contribution < -0.4 is 43.3 Å². The molecule has 0 saturated carbocycles. The zero-order valence-electron chi connectivity index (χ0n) is 42.3. The van der Waals surface area contributed by atoms with Gasteiger partial charge in [0.05, 0.1) is 28.7 Å². The molecule has 76 heavy (non-hydrogen) atoms. The number of carbonyl (C=O) groups is 6. The van der Waals surface area contributed by atoms with E-state index in [-0.39, 0.29) is 101 Å². The molecule has 3 aromatic heterocycles. The zero-order valence-corrected chi connectivity index (χ0v) is 42.3. The Bertz CT molecular complexity index is 2950. The zero-order chi connectivity index (χ0) is 55.8. The number of hydrogen-bond acceptors (Lipinski definition) is 17. The number of benzene rings is 1. The first-order valence-electron chi connectivity index (χ1n) is 23.9. The normalized spacial score (nSPS) is 13.6. The van der Waals surface area contributed by atoms with E-state index in [4.69, 9.17) is 5.11 Å². The second-order valence-corrected chi connectivity index (χ2v) is 18.0. The summed E-state index contributed by atoms with van der Waals surface area (Å²) >= 11 is 0. The highest BCUT2D eigenvalue weighted by Crippen LogP contribution is 2.19. The van der Waals surface area contributed by atoms with Crippen LogP contribution in [0.15, 0.2) is 99.0 Å². The maximum Gasteiger partial charge on any atom is 0.303 e. The fraction of sp³-hybridized carbons (Fsp3) is 0.380. The Morgan fingerprint density at radius 1 is 0.579 bits per heavy atom. The topological polar surface area (TPSA) is 360 Å². The molecule has 2 atom stereocenters. The van der Waals surface area contributed by atoms with Gasteiger partial charge in [-0.1, -0.05) is 12.1 Å². The lowest BCUT2D eigenvalue weighted by molar-refractivity contribution is -0.138. The Morgan fingerprint density at radius 3 is 1.37 bits per heavy atom. The summed E-state index contributed by atoms with van der Waals surface area (Å²) in [6.45, 7) is 0.753. The number of amides is 5. The quantitative estimate of drug-likeness (QED) is 0.0340. The fourth-order valence-electron chi connectivity index (χ4n) is 7.98. The van der Waals surface area contributed by atoms with Crippen LogP contribution in [0.5, 0.6) is 17.2 Å². The predicted molar refractivity (Wildman–Crippen MR) is 275 cm³/mol. The molecule has 1 aliphatic rings. The van der Waals surface area contributed by atoms with Gasteiger partial charge in [0.1, 0.15) is 0 Å². The van der Waals surface area contributed by atoms with Crippen LogP contribution >= 0.6 is 0 Å². The Labute approximate surface area is 434 Å². The number of hydrogen-bond donors (Lipinski definition) is 11. The lowest BCUT2D eigenvalue weighted by Crippen LogP contribution is -2.46.